The summed E-state index contributed by atoms with van der Waals surface area (Å²) in [7, 11) is -2.84. The monoisotopic (exact) mass is 341 g/mol. The maximum absolute atomic E-state index is 10.3. The van der Waals surface area contributed by atoms with Crippen molar-refractivity contribution in [2.24, 2.45) is 5.73 Å². The second kappa shape index (κ2) is 11.9. The fraction of sp³-hybridized carbons (Fsp3) is 0.312. The van der Waals surface area contributed by atoms with Crippen LogP contribution in [0.4, 0.5) is 0 Å². The van der Waals surface area contributed by atoms with Crippen molar-refractivity contribution in [2.75, 3.05) is 13.7 Å². The molecule has 23 heavy (non-hydrogen) atoms. The zero-order valence-electron chi connectivity index (χ0n) is 13.4. The molecule has 6 nitrogen and oxygen atoms in total. The highest BCUT2D eigenvalue weighted by molar-refractivity contribution is 7.46. The Hall–Kier alpha value is -1.56. The van der Waals surface area contributed by atoms with Gasteiger partial charge in [-0.2, -0.15) is 0 Å². The number of Topliss-reactive ketones (excluding diaryl/α,β-unsaturated/α-hetero) is 1. The van der Waals surface area contributed by atoms with Gasteiger partial charge in [-0.1, -0.05) is 48.5 Å². The molecule has 0 aliphatic heterocycles. The molecule has 128 valence electrons. The Labute approximate surface area is 136 Å². The molecule has 7 heteroatoms. The van der Waals surface area contributed by atoms with Crippen LogP contribution < -0.4 is 5.73 Å². The van der Waals surface area contributed by atoms with Crippen molar-refractivity contribution in [1.82, 2.24) is 0 Å². The number of hydrogen-bond donors (Lipinski definition) is 3. The average Bonchev–Trinajstić information content (AvgIpc) is 2.53. The lowest BCUT2D eigenvalue weighted by Gasteiger charge is -2.02. The first-order valence-electron chi connectivity index (χ1n) is 7.09. The third-order valence-corrected chi connectivity index (χ3v) is 3.11. The number of benzene rings is 2. The second-order valence-corrected chi connectivity index (χ2v) is 5.72. The molecule has 0 spiro atoms. The van der Waals surface area contributed by atoms with E-state index in [0.29, 0.717) is 12.8 Å². The largest absolute Gasteiger partial charge is 0.469 e. The van der Waals surface area contributed by atoms with Gasteiger partial charge in [0.15, 0.2) is 0 Å². The number of fused-ring (bicyclic) bond motifs is 1. The molecule has 0 amide bonds. The van der Waals surface area contributed by atoms with E-state index < -0.39 is 7.82 Å². The van der Waals surface area contributed by atoms with E-state index in [9.17, 15) is 9.36 Å². The quantitative estimate of drug-likeness (QED) is 0.570. The van der Waals surface area contributed by atoms with Crippen molar-refractivity contribution < 1.29 is 23.7 Å². The van der Waals surface area contributed by atoms with E-state index in [4.69, 9.17) is 9.79 Å². The standard InChI is InChI=1S/C10H8.C5H11O5P.CH5N/c1-2-6-10-8-4-3-7-9(10)5-1;1-5(6)3-2-4-10-11(7,8)9;1-2/h1-8H;2-4H2,1H3,(H2,7,8,9);2H2,1H3. The van der Waals surface area contributed by atoms with Crippen LogP contribution in [0.2, 0.25) is 0 Å². The van der Waals surface area contributed by atoms with Crippen LogP contribution in [-0.4, -0.2) is 29.2 Å². The zero-order chi connectivity index (χ0) is 17.7. The fourth-order valence-electron chi connectivity index (χ4n) is 1.64. The van der Waals surface area contributed by atoms with Gasteiger partial charge in [-0.15, -0.1) is 0 Å². The summed E-state index contributed by atoms with van der Waals surface area (Å²) in [6.45, 7) is 1.33. The molecule has 0 aliphatic carbocycles. The molecule has 4 N–H and O–H groups in total. The van der Waals surface area contributed by atoms with Gasteiger partial charge < -0.3 is 20.3 Å². The molecule has 0 saturated heterocycles. The lowest BCUT2D eigenvalue weighted by atomic mass is 10.1. The Morgan fingerprint density at radius 1 is 1.04 bits per heavy atom. The molecule has 0 atom stereocenters. The van der Waals surface area contributed by atoms with E-state index in [1.807, 2.05) is 0 Å². The highest BCUT2D eigenvalue weighted by Gasteiger charge is 2.12. The third kappa shape index (κ3) is 11.6. The van der Waals surface area contributed by atoms with Crippen molar-refractivity contribution in [3.63, 3.8) is 0 Å². The fourth-order valence-corrected chi connectivity index (χ4v) is 2.00. The van der Waals surface area contributed by atoms with Crippen LogP contribution in [0.15, 0.2) is 48.5 Å². The third-order valence-electron chi connectivity index (χ3n) is 2.59. The van der Waals surface area contributed by atoms with E-state index in [1.165, 1.54) is 24.7 Å². The summed E-state index contributed by atoms with van der Waals surface area (Å²) in [5.41, 5.74) is 4.50. The molecule has 0 saturated carbocycles. The van der Waals surface area contributed by atoms with Crippen LogP contribution in [0, 0.1) is 0 Å². The normalized spacial score (nSPS) is 10.1. The predicted molar refractivity (Wildman–Crippen MR) is 92.0 cm³/mol. The Balaban J connectivity index is 0.000000380. The summed E-state index contributed by atoms with van der Waals surface area (Å²) in [6.07, 6.45) is 0.639. The van der Waals surface area contributed by atoms with Crippen molar-refractivity contribution in [2.45, 2.75) is 19.8 Å². The van der Waals surface area contributed by atoms with E-state index in [-0.39, 0.29) is 12.4 Å². The number of carbonyl (C=O) groups is 1. The lowest BCUT2D eigenvalue weighted by Crippen LogP contribution is -1.96. The van der Waals surface area contributed by atoms with Crippen LogP contribution in [-0.2, 0) is 13.9 Å². The summed E-state index contributed by atoms with van der Waals surface area (Å²) in [4.78, 5) is 26.7. The molecule has 0 radical (unpaired) electrons. The van der Waals surface area contributed by atoms with Gasteiger partial charge in [0.05, 0.1) is 6.61 Å². The van der Waals surface area contributed by atoms with Gasteiger partial charge in [-0.05, 0) is 31.2 Å². The van der Waals surface area contributed by atoms with Crippen LogP contribution in [0.3, 0.4) is 0 Å². The smallest absolute Gasteiger partial charge is 0.333 e. The maximum atomic E-state index is 10.3. The van der Waals surface area contributed by atoms with E-state index >= 15 is 0 Å². The van der Waals surface area contributed by atoms with Gasteiger partial charge in [-0.25, -0.2) is 4.57 Å². The molecule has 0 aliphatic rings. The number of hydrogen-bond acceptors (Lipinski definition) is 4. The second-order valence-electron chi connectivity index (χ2n) is 4.48. The summed E-state index contributed by atoms with van der Waals surface area (Å²) in [6, 6.07) is 16.7. The van der Waals surface area contributed by atoms with E-state index in [0.717, 1.165) is 0 Å². The minimum atomic E-state index is -4.34. The Kier molecular flexibility index (Phi) is 11.1. The molecule has 2 aromatic rings. The topological polar surface area (TPSA) is 110 Å². The van der Waals surface area contributed by atoms with Gasteiger partial charge in [0, 0.05) is 6.42 Å². The summed E-state index contributed by atoms with van der Waals surface area (Å²) in [5, 5.41) is 2.62. The summed E-state index contributed by atoms with van der Waals surface area (Å²) in [5.74, 6) is -0.0145. The number of phosphoric acid groups is 1. The van der Waals surface area contributed by atoms with Gasteiger partial charge in [0.1, 0.15) is 5.78 Å². The highest BCUT2D eigenvalue weighted by Crippen LogP contribution is 2.35. The zero-order valence-corrected chi connectivity index (χ0v) is 14.3. The van der Waals surface area contributed by atoms with Gasteiger partial charge in [0.25, 0.3) is 0 Å². The molecule has 0 aromatic heterocycles. The number of carbonyl (C=O) groups excluding carboxylic acids is 1. The number of phosphoric ester groups is 1. The van der Waals surface area contributed by atoms with E-state index in [1.54, 1.807) is 0 Å². The van der Waals surface area contributed by atoms with Crippen molar-refractivity contribution in [1.29, 1.82) is 0 Å². The molecular formula is C16H24NO5P. The van der Waals surface area contributed by atoms with Gasteiger partial charge in [0.2, 0.25) is 0 Å². The molecule has 2 rings (SSSR count). The van der Waals surface area contributed by atoms with Gasteiger partial charge in [-0.3, -0.25) is 4.52 Å². The maximum Gasteiger partial charge on any atom is 0.469 e. The van der Waals surface area contributed by atoms with Crippen molar-refractivity contribution in [3.05, 3.63) is 48.5 Å². The molecule has 0 bridgehead atoms. The average molecular weight is 341 g/mol. The minimum Gasteiger partial charge on any atom is -0.333 e. The Morgan fingerprint density at radius 2 is 1.43 bits per heavy atom. The van der Waals surface area contributed by atoms with Crippen molar-refractivity contribution in [3.8, 4) is 0 Å². The SMILES string of the molecule is CC(=O)CCCOP(=O)(O)O.CN.c1ccc2ccccc2c1. The highest BCUT2D eigenvalue weighted by atomic mass is 31.2. The molecule has 0 unspecified atom stereocenters. The van der Waals surface area contributed by atoms with E-state index in [2.05, 4.69) is 58.8 Å². The Morgan fingerprint density at radius 3 is 1.74 bits per heavy atom. The first-order chi connectivity index (χ1) is 10.9. The molecule has 2 aromatic carbocycles. The minimum absolute atomic E-state index is 0.0145. The van der Waals surface area contributed by atoms with Gasteiger partial charge >= 0.3 is 7.82 Å². The predicted octanol–water partition coefficient (Wildman–Crippen LogP) is 2.88. The number of rotatable bonds is 5. The van der Waals surface area contributed by atoms with Crippen molar-refractivity contribution >= 4 is 24.4 Å². The van der Waals surface area contributed by atoms with Crippen LogP contribution >= 0.6 is 7.82 Å². The summed E-state index contributed by atoms with van der Waals surface area (Å²) < 4.78 is 14.2. The first kappa shape index (κ1) is 21.4. The molecule has 0 heterocycles. The Bertz CT molecular complexity index is 561. The summed E-state index contributed by atoms with van der Waals surface area (Å²) >= 11 is 0. The van der Waals surface area contributed by atoms with Crippen LogP contribution in [0.1, 0.15) is 19.8 Å². The van der Waals surface area contributed by atoms with Crippen LogP contribution in [0.5, 0.6) is 0 Å². The molecule has 0 fully saturated rings. The lowest BCUT2D eigenvalue weighted by molar-refractivity contribution is -0.117. The number of nitrogens with two attached hydrogens (primary N) is 1. The molecular weight excluding hydrogens is 317 g/mol. The number of ketones is 1. The van der Waals surface area contributed by atoms with Crippen LogP contribution in [0.25, 0.3) is 10.8 Å². The first-order valence-corrected chi connectivity index (χ1v) is 8.62.